The summed E-state index contributed by atoms with van der Waals surface area (Å²) < 4.78 is 1.19. The van der Waals surface area contributed by atoms with Crippen molar-refractivity contribution in [2.75, 3.05) is 6.54 Å². The fraction of sp³-hybridized carbons (Fsp3) is 0.647. The minimum absolute atomic E-state index is 0.549. The van der Waals surface area contributed by atoms with E-state index in [1.165, 1.54) is 54.1 Å². The van der Waals surface area contributed by atoms with Gasteiger partial charge in [-0.2, -0.15) is 0 Å². The number of aryl methyl sites for hydroxylation is 1. The Hall–Kier alpha value is -0.340. The molecule has 2 rings (SSSR count). The normalized spacial score (nSPS) is 18.5. The van der Waals surface area contributed by atoms with Gasteiger partial charge in [-0.25, -0.2) is 0 Å². The molecule has 1 aromatic carbocycles. The van der Waals surface area contributed by atoms with Crippen molar-refractivity contribution in [1.29, 1.82) is 0 Å². The van der Waals surface area contributed by atoms with E-state index in [2.05, 4.69) is 53.3 Å². The second-order valence-corrected chi connectivity index (χ2v) is 6.75. The Kier molecular flexibility index (Phi) is 5.90. The zero-order chi connectivity index (χ0) is 13.7. The number of nitrogens with one attached hydrogen (secondary N) is 1. The molecule has 1 aliphatic rings. The zero-order valence-corrected chi connectivity index (χ0v) is 13.8. The lowest BCUT2D eigenvalue weighted by Crippen LogP contribution is -2.30. The number of halogens is 1. The van der Waals surface area contributed by atoms with Gasteiger partial charge in [-0.15, -0.1) is 0 Å². The topological polar surface area (TPSA) is 12.0 Å². The Bertz CT molecular complexity index is 396. The quantitative estimate of drug-likeness (QED) is 0.767. The molecular weight excluding hydrogens is 298 g/mol. The van der Waals surface area contributed by atoms with Crippen LogP contribution < -0.4 is 5.32 Å². The summed E-state index contributed by atoms with van der Waals surface area (Å²) in [6.45, 7) is 5.61. The van der Waals surface area contributed by atoms with E-state index in [9.17, 15) is 0 Å². The minimum atomic E-state index is 0.549. The van der Waals surface area contributed by atoms with Gasteiger partial charge in [-0.3, -0.25) is 0 Å². The van der Waals surface area contributed by atoms with Gasteiger partial charge in [0.25, 0.3) is 0 Å². The van der Waals surface area contributed by atoms with E-state index in [4.69, 9.17) is 0 Å². The third-order valence-electron chi connectivity index (χ3n) is 4.30. The smallest absolute Gasteiger partial charge is 0.0351 e. The largest absolute Gasteiger partial charge is 0.310 e. The first-order valence-electron chi connectivity index (χ1n) is 7.71. The SMILES string of the molecule is CCCNC(c1ccc(Br)cc1C)C1CCCCC1. The molecule has 0 radical (unpaired) electrons. The molecule has 1 aliphatic carbocycles. The maximum atomic E-state index is 3.80. The molecular formula is C17H26BrN. The maximum absolute atomic E-state index is 3.80. The Balaban J connectivity index is 2.19. The van der Waals surface area contributed by atoms with Crippen molar-refractivity contribution in [2.45, 2.75) is 58.4 Å². The van der Waals surface area contributed by atoms with E-state index in [0.29, 0.717) is 6.04 Å². The standard InChI is InChI=1S/C17H26BrN/c1-3-11-19-17(14-7-5-4-6-8-14)16-10-9-15(18)12-13(16)2/h9-10,12,14,17,19H,3-8,11H2,1-2H3. The average Bonchev–Trinajstić information content (AvgIpc) is 2.42. The predicted octanol–water partition coefficient (Wildman–Crippen LogP) is 5.38. The van der Waals surface area contributed by atoms with Crippen LogP contribution in [0.1, 0.15) is 62.6 Å². The first-order chi connectivity index (χ1) is 9.22. The highest BCUT2D eigenvalue weighted by Gasteiger charge is 2.25. The molecule has 0 aliphatic heterocycles. The lowest BCUT2D eigenvalue weighted by atomic mass is 9.80. The Morgan fingerprint density at radius 3 is 2.63 bits per heavy atom. The molecule has 1 aromatic rings. The number of hydrogen-bond donors (Lipinski definition) is 1. The molecule has 0 spiro atoms. The lowest BCUT2D eigenvalue weighted by Gasteiger charge is -2.32. The van der Waals surface area contributed by atoms with E-state index in [0.717, 1.165) is 12.5 Å². The van der Waals surface area contributed by atoms with Crippen molar-refractivity contribution in [2.24, 2.45) is 5.92 Å². The second kappa shape index (κ2) is 7.44. The summed E-state index contributed by atoms with van der Waals surface area (Å²) in [6.07, 6.45) is 8.22. The number of benzene rings is 1. The van der Waals surface area contributed by atoms with Crippen LogP contribution in [0.25, 0.3) is 0 Å². The highest BCUT2D eigenvalue weighted by molar-refractivity contribution is 9.10. The summed E-state index contributed by atoms with van der Waals surface area (Å²) in [5, 5.41) is 3.80. The minimum Gasteiger partial charge on any atom is -0.310 e. The molecule has 2 heteroatoms. The highest BCUT2D eigenvalue weighted by atomic mass is 79.9. The van der Waals surface area contributed by atoms with E-state index in [-0.39, 0.29) is 0 Å². The van der Waals surface area contributed by atoms with E-state index >= 15 is 0 Å². The van der Waals surface area contributed by atoms with Crippen LogP contribution in [0.4, 0.5) is 0 Å². The van der Waals surface area contributed by atoms with Crippen LogP contribution in [0, 0.1) is 12.8 Å². The van der Waals surface area contributed by atoms with Crippen LogP contribution in [-0.2, 0) is 0 Å². The molecule has 1 unspecified atom stereocenters. The van der Waals surface area contributed by atoms with E-state index in [1.54, 1.807) is 0 Å². The van der Waals surface area contributed by atoms with Crippen molar-refractivity contribution >= 4 is 15.9 Å². The van der Waals surface area contributed by atoms with Gasteiger partial charge < -0.3 is 5.32 Å². The van der Waals surface area contributed by atoms with Crippen LogP contribution in [0.5, 0.6) is 0 Å². The molecule has 1 saturated carbocycles. The summed E-state index contributed by atoms with van der Waals surface area (Å²) in [5.74, 6) is 0.820. The van der Waals surface area contributed by atoms with Gasteiger partial charge in [0.2, 0.25) is 0 Å². The molecule has 0 amide bonds. The van der Waals surface area contributed by atoms with Crippen molar-refractivity contribution in [3.05, 3.63) is 33.8 Å². The number of hydrogen-bond acceptors (Lipinski definition) is 1. The van der Waals surface area contributed by atoms with Crippen molar-refractivity contribution in [3.8, 4) is 0 Å². The van der Waals surface area contributed by atoms with Crippen LogP contribution >= 0.6 is 15.9 Å². The molecule has 1 atom stereocenters. The monoisotopic (exact) mass is 323 g/mol. The average molecular weight is 324 g/mol. The molecule has 0 aromatic heterocycles. The molecule has 19 heavy (non-hydrogen) atoms. The summed E-state index contributed by atoms with van der Waals surface area (Å²) >= 11 is 3.57. The first kappa shape index (κ1) is 15.1. The van der Waals surface area contributed by atoms with Gasteiger partial charge in [0, 0.05) is 10.5 Å². The van der Waals surface area contributed by atoms with Gasteiger partial charge in [-0.1, -0.05) is 48.2 Å². The van der Waals surface area contributed by atoms with Crippen LogP contribution in [-0.4, -0.2) is 6.54 Å². The summed E-state index contributed by atoms with van der Waals surface area (Å²) in [5.41, 5.74) is 2.91. The molecule has 1 fully saturated rings. The lowest BCUT2D eigenvalue weighted by molar-refractivity contribution is 0.271. The van der Waals surface area contributed by atoms with E-state index < -0.39 is 0 Å². The Labute approximate surface area is 126 Å². The van der Waals surface area contributed by atoms with Gasteiger partial charge in [0.05, 0.1) is 0 Å². The third kappa shape index (κ3) is 4.06. The van der Waals surface area contributed by atoms with Gasteiger partial charge in [-0.05, 0) is 61.9 Å². The van der Waals surface area contributed by atoms with Crippen molar-refractivity contribution < 1.29 is 0 Å². The zero-order valence-electron chi connectivity index (χ0n) is 12.2. The summed E-state index contributed by atoms with van der Waals surface area (Å²) in [4.78, 5) is 0. The van der Waals surface area contributed by atoms with E-state index in [1.807, 2.05) is 0 Å². The summed E-state index contributed by atoms with van der Waals surface area (Å²) in [6, 6.07) is 7.29. The molecule has 106 valence electrons. The van der Waals surface area contributed by atoms with Crippen LogP contribution in [0.3, 0.4) is 0 Å². The fourth-order valence-corrected chi connectivity index (χ4v) is 3.76. The Morgan fingerprint density at radius 2 is 2.00 bits per heavy atom. The molecule has 1 N–H and O–H groups in total. The Morgan fingerprint density at radius 1 is 1.26 bits per heavy atom. The second-order valence-electron chi connectivity index (χ2n) is 5.83. The van der Waals surface area contributed by atoms with Crippen molar-refractivity contribution in [3.63, 3.8) is 0 Å². The van der Waals surface area contributed by atoms with Gasteiger partial charge >= 0.3 is 0 Å². The highest BCUT2D eigenvalue weighted by Crippen LogP contribution is 2.36. The third-order valence-corrected chi connectivity index (χ3v) is 4.80. The molecule has 0 bridgehead atoms. The molecule has 0 heterocycles. The maximum Gasteiger partial charge on any atom is 0.0351 e. The number of rotatable bonds is 5. The first-order valence-corrected chi connectivity index (χ1v) is 8.51. The molecule has 1 nitrogen and oxygen atoms in total. The summed E-state index contributed by atoms with van der Waals surface area (Å²) in [7, 11) is 0. The van der Waals surface area contributed by atoms with Gasteiger partial charge in [0.1, 0.15) is 0 Å². The van der Waals surface area contributed by atoms with Crippen molar-refractivity contribution in [1.82, 2.24) is 5.32 Å². The predicted molar refractivity (Wildman–Crippen MR) is 86.5 cm³/mol. The van der Waals surface area contributed by atoms with Crippen LogP contribution in [0.2, 0.25) is 0 Å². The fourth-order valence-electron chi connectivity index (χ4n) is 3.29. The molecule has 0 saturated heterocycles. The van der Waals surface area contributed by atoms with Gasteiger partial charge in [0.15, 0.2) is 0 Å². The van der Waals surface area contributed by atoms with Crippen LogP contribution in [0.15, 0.2) is 22.7 Å².